The zero-order valence-electron chi connectivity index (χ0n) is 4.31. The van der Waals surface area contributed by atoms with Gasteiger partial charge in [0.2, 0.25) is 0 Å². The molecule has 1 N–H and O–H groups in total. The molecule has 0 spiro atoms. The number of halogens is 1. The second-order valence-electron chi connectivity index (χ2n) is 1.23. The fourth-order valence-corrected chi connectivity index (χ4v) is 1.49. The van der Waals surface area contributed by atoms with Gasteiger partial charge < -0.3 is 5.32 Å². The van der Waals surface area contributed by atoms with Crippen LogP contribution >= 0.6 is 27.3 Å². The molecule has 0 amide bonds. The van der Waals surface area contributed by atoms with Crippen molar-refractivity contribution in [2.24, 2.45) is 0 Å². The van der Waals surface area contributed by atoms with Gasteiger partial charge in [0.1, 0.15) is 5.00 Å². The second-order valence-corrected chi connectivity index (χ2v) is 3.53. The second kappa shape index (κ2) is 2.46. The molecule has 1 aromatic heterocycles. The molecule has 0 aliphatic carbocycles. The summed E-state index contributed by atoms with van der Waals surface area (Å²) in [4.78, 5) is 3.96. The van der Waals surface area contributed by atoms with Gasteiger partial charge in [-0.2, -0.15) is 0 Å². The lowest BCUT2D eigenvalue weighted by atomic mass is 10.8. The SMILES string of the molecule is CNc1cnc(Br)s1. The minimum atomic E-state index is 0.918. The quantitative estimate of drug-likeness (QED) is 0.737. The highest BCUT2D eigenvalue weighted by Crippen LogP contribution is 2.21. The van der Waals surface area contributed by atoms with Crippen LogP contribution in [-0.2, 0) is 0 Å². The Hall–Kier alpha value is -0.0900. The van der Waals surface area contributed by atoms with Crippen molar-refractivity contribution in [3.63, 3.8) is 0 Å². The van der Waals surface area contributed by atoms with Crippen molar-refractivity contribution in [1.29, 1.82) is 0 Å². The van der Waals surface area contributed by atoms with Crippen molar-refractivity contribution in [2.75, 3.05) is 12.4 Å². The number of nitrogens with one attached hydrogen (secondary N) is 1. The van der Waals surface area contributed by atoms with E-state index < -0.39 is 0 Å². The Morgan fingerprint density at radius 1 is 1.88 bits per heavy atom. The van der Waals surface area contributed by atoms with Gasteiger partial charge in [0.25, 0.3) is 0 Å². The average molecular weight is 193 g/mol. The lowest BCUT2D eigenvalue weighted by Crippen LogP contribution is -1.80. The molecular weight excluding hydrogens is 188 g/mol. The number of hydrogen-bond acceptors (Lipinski definition) is 3. The van der Waals surface area contributed by atoms with Crippen LogP contribution in [0.2, 0.25) is 0 Å². The molecule has 0 saturated heterocycles. The Morgan fingerprint density at radius 2 is 2.62 bits per heavy atom. The summed E-state index contributed by atoms with van der Waals surface area (Å²) in [7, 11) is 1.87. The first-order valence-corrected chi connectivity index (χ1v) is 3.73. The van der Waals surface area contributed by atoms with Gasteiger partial charge in [0.05, 0.1) is 6.20 Å². The first-order valence-electron chi connectivity index (χ1n) is 2.12. The molecule has 2 nitrogen and oxygen atoms in total. The first kappa shape index (κ1) is 6.04. The van der Waals surface area contributed by atoms with E-state index in [0.29, 0.717) is 0 Å². The van der Waals surface area contributed by atoms with Crippen LogP contribution in [0.3, 0.4) is 0 Å². The van der Waals surface area contributed by atoms with Crippen molar-refractivity contribution < 1.29 is 0 Å². The molecule has 0 fully saturated rings. The summed E-state index contributed by atoms with van der Waals surface area (Å²) in [6.07, 6.45) is 1.79. The normalized spacial score (nSPS) is 9.25. The highest BCUT2D eigenvalue weighted by molar-refractivity contribution is 9.11. The highest BCUT2D eigenvalue weighted by Gasteiger charge is 1.92. The Labute approximate surface area is 60.1 Å². The maximum absolute atomic E-state index is 3.96. The lowest BCUT2D eigenvalue weighted by Gasteiger charge is -1.84. The predicted molar refractivity (Wildman–Crippen MR) is 39.4 cm³/mol. The van der Waals surface area contributed by atoms with Gasteiger partial charge in [-0.1, -0.05) is 11.3 Å². The lowest BCUT2D eigenvalue weighted by molar-refractivity contribution is 1.37. The molecule has 0 unspecified atom stereocenters. The summed E-state index contributed by atoms with van der Waals surface area (Å²) in [5, 5.41) is 4.05. The Bertz CT molecular complexity index is 174. The van der Waals surface area contributed by atoms with E-state index in [2.05, 4.69) is 26.2 Å². The molecule has 1 heterocycles. The van der Waals surface area contributed by atoms with Gasteiger partial charge in [0, 0.05) is 7.05 Å². The standard InChI is InChI=1S/C4H5BrN2S/c1-6-3-2-7-4(5)8-3/h2,6H,1H3. The largest absolute Gasteiger partial charge is 0.379 e. The van der Waals surface area contributed by atoms with Crippen LogP contribution < -0.4 is 5.32 Å². The summed E-state index contributed by atoms with van der Waals surface area (Å²) >= 11 is 4.82. The summed E-state index contributed by atoms with van der Waals surface area (Å²) in [6, 6.07) is 0. The van der Waals surface area contributed by atoms with E-state index in [1.807, 2.05) is 7.05 Å². The minimum absolute atomic E-state index is 0.918. The molecule has 0 aromatic carbocycles. The van der Waals surface area contributed by atoms with Gasteiger partial charge in [0.15, 0.2) is 3.92 Å². The van der Waals surface area contributed by atoms with Gasteiger partial charge in [-0.25, -0.2) is 4.98 Å². The Balaban J connectivity index is 2.84. The van der Waals surface area contributed by atoms with Crippen LogP contribution in [0.4, 0.5) is 5.00 Å². The average Bonchev–Trinajstić information content (AvgIpc) is 2.14. The third-order valence-electron chi connectivity index (χ3n) is 0.724. The van der Waals surface area contributed by atoms with E-state index in [4.69, 9.17) is 0 Å². The molecule has 4 heteroatoms. The molecule has 0 radical (unpaired) electrons. The number of hydrogen-bond donors (Lipinski definition) is 1. The van der Waals surface area contributed by atoms with E-state index in [1.54, 1.807) is 17.5 Å². The molecule has 0 aliphatic heterocycles. The highest BCUT2D eigenvalue weighted by atomic mass is 79.9. The maximum Gasteiger partial charge on any atom is 0.161 e. The minimum Gasteiger partial charge on any atom is -0.379 e. The molecular formula is C4H5BrN2S. The van der Waals surface area contributed by atoms with E-state index in [9.17, 15) is 0 Å². The Kier molecular flexibility index (Phi) is 1.85. The summed E-state index contributed by atoms with van der Waals surface area (Å²) in [6.45, 7) is 0. The van der Waals surface area contributed by atoms with E-state index in [1.165, 1.54) is 0 Å². The summed E-state index contributed by atoms with van der Waals surface area (Å²) < 4.78 is 0.918. The summed E-state index contributed by atoms with van der Waals surface area (Å²) in [5.41, 5.74) is 0. The predicted octanol–water partition coefficient (Wildman–Crippen LogP) is 1.95. The van der Waals surface area contributed by atoms with Gasteiger partial charge in [-0.15, -0.1) is 0 Å². The van der Waals surface area contributed by atoms with E-state index in [0.717, 1.165) is 8.92 Å². The van der Waals surface area contributed by atoms with Gasteiger partial charge in [-0.05, 0) is 15.9 Å². The fraction of sp³-hybridized carbons (Fsp3) is 0.250. The smallest absolute Gasteiger partial charge is 0.161 e. The third kappa shape index (κ3) is 1.20. The number of rotatable bonds is 1. The third-order valence-corrected chi connectivity index (χ3v) is 2.22. The number of anilines is 1. The molecule has 1 aromatic rings. The van der Waals surface area contributed by atoms with Gasteiger partial charge in [-0.3, -0.25) is 0 Å². The number of aromatic nitrogens is 1. The zero-order valence-corrected chi connectivity index (χ0v) is 6.71. The van der Waals surface area contributed by atoms with Crippen molar-refractivity contribution in [2.45, 2.75) is 0 Å². The van der Waals surface area contributed by atoms with Crippen molar-refractivity contribution in [3.8, 4) is 0 Å². The van der Waals surface area contributed by atoms with Crippen LogP contribution in [0.5, 0.6) is 0 Å². The molecule has 1 rings (SSSR count). The van der Waals surface area contributed by atoms with Crippen LogP contribution in [-0.4, -0.2) is 12.0 Å². The molecule has 0 saturated carbocycles. The van der Waals surface area contributed by atoms with Crippen molar-refractivity contribution in [3.05, 3.63) is 10.1 Å². The topological polar surface area (TPSA) is 24.9 Å². The molecule has 0 atom stereocenters. The number of nitrogens with zero attached hydrogens (tertiary/aromatic N) is 1. The summed E-state index contributed by atoms with van der Waals surface area (Å²) in [5.74, 6) is 0. The number of thiazole rings is 1. The molecule has 44 valence electrons. The van der Waals surface area contributed by atoms with Crippen LogP contribution in [0.1, 0.15) is 0 Å². The monoisotopic (exact) mass is 192 g/mol. The zero-order chi connectivity index (χ0) is 5.98. The molecule has 0 bridgehead atoms. The van der Waals surface area contributed by atoms with Crippen LogP contribution in [0.25, 0.3) is 0 Å². The Morgan fingerprint density at radius 3 is 2.88 bits per heavy atom. The van der Waals surface area contributed by atoms with Crippen molar-refractivity contribution >= 4 is 32.3 Å². The molecule has 8 heavy (non-hydrogen) atoms. The van der Waals surface area contributed by atoms with E-state index >= 15 is 0 Å². The first-order chi connectivity index (χ1) is 3.83. The van der Waals surface area contributed by atoms with Crippen LogP contribution in [0, 0.1) is 0 Å². The maximum atomic E-state index is 3.96. The van der Waals surface area contributed by atoms with Crippen molar-refractivity contribution in [1.82, 2.24) is 4.98 Å². The fourth-order valence-electron chi connectivity index (χ4n) is 0.368. The molecule has 0 aliphatic rings. The van der Waals surface area contributed by atoms with Gasteiger partial charge >= 0.3 is 0 Å². The van der Waals surface area contributed by atoms with Crippen LogP contribution in [0.15, 0.2) is 10.1 Å². The van der Waals surface area contributed by atoms with E-state index in [-0.39, 0.29) is 0 Å².